The van der Waals surface area contributed by atoms with Crippen molar-refractivity contribution >= 4 is 29.8 Å². The van der Waals surface area contributed by atoms with E-state index < -0.39 is 22.8 Å². The lowest BCUT2D eigenvalue weighted by atomic mass is 9.91. The van der Waals surface area contributed by atoms with Gasteiger partial charge in [0.15, 0.2) is 0 Å². The maximum absolute atomic E-state index is 11.7. The Kier molecular flexibility index (Phi) is 23.6. The highest BCUT2D eigenvalue weighted by Gasteiger charge is 2.28. The van der Waals surface area contributed by atoms with E-state index in [4.69, 9.17) is 28.8 Å². The second-order valence-electron chi connectivity index (χ2n) is 13.0. The van der Waals surface area contributed by atoms with Gasteiger partial charge in [0.05, 0.1) is 29.5 Å². The molecule has 11 nitrogen and oxygen atoms in total. The van der Waals surface area contributed by atoms with Crippen LogP contribution in [0, 0.1) is 16.2 Å². The van der Waals surface area contributed by atoms with E-state index in [-0.39, 0.29) is 62.8 Å². The van der Waals surface area contributed by atoms with Crippen LogP contribution in [-0.2, 0) is 54.3 Å². The van der Waals surface area contributed by atoms with Gasteiger partial charge in [-0.3, -0.25) is 19.2 Å². The van der Waals surface area contributed by atoms with Gasteiger partial charge in [0.25, 0.3) is 0 Å². The predicted octanol–water partition coefficient (Wildman–Crippen LogP) is 6.53. The summed E-state index contributed by atoms with van der Waals surface area (Å²) in [6.07, 6.45) is 2.73. The molecule has 48 heavy (non-hydrogen) atoms. The molecular weight excluding hydrogens is 620 g/mol. The summed E-state index contributed by atoms with van der Waals surface area (Å²) in [5.74, 6) is -1.57. The maximum atomic E-state index is 11.7. The van der Waals surface area contributed by atoms with Crippen LogP contribution in [0.3, 0.4) is 0 Å². The van der Waals surface area contributed by atoms with Crippen molar-refractivity contribution in [3.8, 4) is 0 Å². The number of hydrogen-bond acceptors (Lipinski definition) is 11. The Balaban J connectivity index is 0. The topological polar surface area (TPSA) is 152 Å². The van der Waals surface area contributed by atoms with Crippen LogP contribution < -0.4 is 0 Å². The van der Waals surface area contributed by atoms with E-state index in [1.807, 2.05) is 78.8 Å². The third-order valence-electron chi connectivity index (χ3n) is 7.53. The number of benzene rings is 1. The summed E-state index contributed by atoms with van der Waals surface area (Å²) in [6, 6.07) is 9.72. The first-order valence-corrected chi connectivity index (χ1v) is 16.5. The Hall–Kier alpha value is -3.73. The fourth-order valence-electron chi connectivity index (χ4n) is 2.75. The summed E-state index contributed by atoms with van der Waals surface area (Å²) in [5.41, 5.74) is 0.0124. The third kappa shape index (κ3) is 21.2. The van der Waals surface area contributed by atoms with Crippen molar-refractivity contribution in [1.82, 2.24) is 0 Å². The summed E-state index contributed by atoms with van der Waals surface area (Å²) < 4.78 is 24.8. The number of carbonyl (C=O) groups is 5. The fourth-order valence-corrected chi connectivity index (χ4v) is 2.75. The molecule has 1 rings (SSSR count). The molecule has 0 saturated heterocycles. The summed E-state index contributed by atoms with van der Waals surface area (Å²) in [4.78, 5) is 56.9. The van der Waals surface area contributed by atoms with Crippen molar-refractivity contribution in [2.45, 2.75) is 108 Å². The van der Waals surface area contributed by atoms with Crippen LogP contribution >= 0.6 is 0 Å². The lowest BCUT2D eigenvalue weighted by Crippen LogP contribution is -2.27. The number of hydrogen-bond donors (Lipinski definition) is 1. The zero-order valence-electron chi connectivity index (χ0n) is 30.9. The van der Waals surface area contributed by atoms with E-state index in [0.717, 1.165) is 18.4 Å². The number of aliphatic hydroxyl groups is 1. The molecule has 0 amide bonds. The first-order chi connectivity index (χ1) is 22.3. The molecule has 0 bridgehead atoms. The van der Waals surface area contributed by atoms with Crippen molar-refractivity contribution in [1.29, 1.82) is 0 Å². The maximum Gasteiger partial charge on any atom is 0.333 e. The lowest BCUT2D eigenvalue weighted by molar-refractivity contribution is -0.159. The van der Waals surface area contributed by atoms with Gasteiger partial charge < -0.3 is 28.8 Å². The van der Waals surface area contributed by atoms with Crippen LogP contribution in [0.1, 0.15) is 107 Å². The molecule has 0 aliphatic heterocycles. The molecular formula is C37H60O11. The molecule has 0 saturated carbocycles. The average molecular weight is 681 g/mol. The van der Waals surface area contributed by atoms with Gasteiger partial charge in [-0.1, -0.05) is 57.7 Å². The smallest absolute Gasteiger partial charge is 0.333 e. The minimum absolute atomic E-state index is 0.0237. The summed E-state index contributed by atoms with van der Waals surface area (Å²) in [5, 5.41) is 8.38. The normalized spacial score (nSPS) is 11.0. The van der Waals surface area contributed by atoms with E-state index >= 15 is 0 Å². The molecule has 11 heteroatoms. The van der Waals surface area contributed by atoms with Gasteiger partial charge in [-0.05, 0) is 79.7 Å². The van der Waals surface area contributed by atoms with E-state index in [1.54, 1.807) is 20.8 Å². The average Bonchev–Trinajstić information content (AvgIpc) is 3.06. The second kappa shape index (κ2) is 24.4. The Labute approximate surface area is 287 Å². The summed E-state index contributed by atoms with van der Waals surface area (Å²) in [7, 11) is 0. The summed E-state index contributed by atoms with van der Waals surface area (Å²) in [6.45, 7) is 22.4. The number of esters is 5. The predicted molar refractivity (Wildman–Crippen MR) is 183 cm³/mol. The van der Waals surface area contributed by atoms with Gasteiger partial charge in [-0.15, -0.1) is 0 Å². The molecule has 0 aliphatic carbocycles. The molecule has 0 aromatic heterocycles. The second-order valence-corrected chi connectivity index (χ2v) is 13.0. The molecule has 0 spiro atoms. The molecule has 1 aromatic rings. The van der Waals surface area contributed by atoms with Crippen molar-refractivity contribution in [2.24, 2.45) is 16.2 Å². The van der Waals surface area contributed by atoms with Crippen LogP contribution in [0.4, 0.5) is 0 Å². The highest BCUT2D eigenvalue weighted by Crippen LogP contribution is 2.23. The lowest BCUT2D eigenvalue weighted by Gasteiger charge is -2.20. The van der Waals surface area contributed by atoms with Gasteiger partial charge in [0, 0.05) is 12.0 Å². The van der Waals surface area contributed by atoms with E-state index in [2.05, 4.69) is 6.58 Å². The van der Waals surface area contributed by atoms with E-state index in [1.165, 1.54) is 0 Å². The minimum Gasteiger partial charge on any atom is -0.463 e. The van der Waals surface area contributed by atoms with Crippen LogP contribution in [0.15, 0.2) is 42.5 Å². The number of ether oxygens (including phenoxy) is 5. The molecule has 1 N–H and O–H groups in total. The molecule has 0 unspecified atom stereocenters. The Morgan fingerprint density at radius 3 is 1.52 bits per heavy atom. The number of rotatable bonds is 18. The summed E-state index contributed by atoms with van der Waals surface area (Å²) >= 11 is 0. The molecule has 0 fully saturated rings. The first-order valence-electron chi connectivity index (χ1n) is 16.5. The fraction of sp³-hybridized carbons (Fsp3) is 0.649. The number of carbonyl (C=O) groups excluding carboxylic acids is 5. The van der Waals surface area contributed by atoms with Crippen LogP contribution in [-0.4, -0.2) is 68.0 Å². The van der Waals surface area contributed by atoms with Crippen molar-refractivity contribution < 1.29 is 52.8 Å². The SMILES string of the molecule is C=C(C)C(=O)OCCCC(=O)OCCOC(=O)C(C)(C)CC.CCC(C)(C)C(=O)OCCO.CCC(C)(C)C(=O)OCc1ccccc1. The third-order valence-corrected chi connectivity index (χ3v) is 7.53. The first kappa shape index (κ1) is 46.4. The molecule has 0 radical (unpaired) electrons. The quantitative estimate of drug-likeness (QED) is 0.0779. The van der Waals surface area contributed by atoms with Crippen LogP contribution in [0.5, 0.6) is 0 Å². The minimum atomic E-state index is -0.531. The Morgan fingerprint density at radius 2 is 1.08 bits per heavy atom. The van der Waals surface area contributed by atoms with Crippen LogP contribution in [0.2, 0.25) is 0 Å². The van der Waals surface area contributed by atoms with Crippen molar-refractivity contribution in [2.75, 3.05) is 33.0 Å². The molecule has 274 valence electrons. The zero-order chi connectivity index (χ0) is 37.4. The van der Waals surface area contributed by atoms with Gasteiger partial charge in [0.1, 0.15) is 26.4 Å². The monoisotopic (exact) mass is 680 g/mol. The van der Waals surface area contributed by atoms with Gasteiger partial charge in [-0.25, -0.2) is 4.79 Å². The van der Waals surface area contributed by atoms with E-state index in [0.29, 0.717) is 25.0 Å². The zero-order valence-corrected chi connectivity index (χ0v) is 30.9. The molecule has 1 aromatic carbocycles. The van der Waals surface area contributed by atoms with Crippen molar-refractivity contribution in [3.05, 3.63) is 48.0 Å². The molecule has 0 heterocycles. The van der Waals surface area contributed by atoms with Gasteiger partial charge >= 0.3 is 29.8 Å². The largest absolute Gasteiger partial charge is 0.463 e. The Bertz CT molecular complexity index is 1120. The van der Waals surface area contributed by atoms with E-state index in [9.17, 15) is 24.0 Å². The van der Waals surface area contributed by atoms with Gasteiger partial charge in [-0.2, -0.15) is 0 Å². The highest BCUT2D eigenvalue weighted by molar-refractivity contribution is 5.86. The Morgan fingerprint density at radius 1 is 0.646 bits per heavy atom. The van der Waals surface area contributed by atoms with Crippen molar-refractivity contribution in [3.63, 3.8) is 0 Å². The van der Waals surface area contributed by atoms with Crippen LogP contribution in [0.25, 0.3) is 0 Å². The number of aliphatic hydroxyl groups excluding tert-OH is 1. The molecule has 0 atom stereocenters. The van der Waals surface area contributed by atoms with Gasteiger partial charge in [0.2, 0.25) is 0 Å². The standard InChI is InChI=1S/C16H26O6.C13H18O2.C8H16O3/c1-6-16(4,5)15(19)22-11-10-20-13(17)8-7-9-21-14(18)12(2)3;1-4-13(2,3)12(14)15-10-11-8-6-5-7-9-11;1-4-8(2,3)7(10)11-6-5-9/h2,6-11H2,1,3-5H3;5-9H,4,10H2,1-3H3;9H,4-6H2,1-3H3. The molecule has 0 aliphatic rings. The highest BCUT2D eigenvalue weighted by atomic mass is 16.6.